The van der Waals surface area contributed by atoms with Crippen molar-refractivity contribution in [2.45, 2.75) is 13.0 Å². The summed E-state index contributed by atoms with van der Waals surface area (Å²) in [6.45, 7) is 1.53. The molecular weight excluding hydrogens is 260 g/mol. The second kappa shape index (κ2) is 5.01. The highest BCUT2D eigenvalue weighted by atomic mass is 19.2. The summed E-state index contributed by atoms with van der Waals surface area (Å²) in [6, 6.07) is 4.50. The third-order valence-corrected chi connectivity index (χ3v) is 2.86. The number of halogens is 4. The van der Waals surface area contributed by atoms with Crippen LogP contribution in [0.5, 0.6) is 0 Å². The summed E-state index contributed by atoms with van der Waals surface area (Å²) in [6.07, 6.45) is -1.49. The number of hydrogen-bond acceptors (Lipinski definition) is 1. The Morgan fingerprint density at radius 2 is 1.47 bits per heavy atom. The number of aryl methyl sites for hydroxylation is 1. The van der Waals surface area contributed by atoms with Crippen LogP contribution in [0.1, 0.15) is 22.8 Å². The van der Waals surface area contributed by atoms with Crippen molar-refractivity contribution < 1.29 is 22.7 Å². The molecule has 0 fully saturated rings. The smallest absolute Gasteiger partial charge is 0.161 e. The minimum atomic E-state index is -1.49. The van der Waals surface area contributed by atoms with Crippen LogP contribution in [0.3, 0.4) is 0 Å². The molecule has 0 saturated heterocycles. The molecule has 1 atom stereocenters. The van der Waals surface area contributed by atoms with Gasteiger partial charge in [-0.05, 0) is 36.2 Å². The minimum absolute atomic E-state index is 0.228. The molecule has 5 heteroatoms. The Hall–Kier alpha value is -1.88. The van der Waals surface area contributed by atoms with E-state index in [9.17, 15) is 22.7 Å². The van der Waals surface area contributed by atoms with Crippen molar-refractivity contribution in [3.63, 3.8) is 0 Å². The third kappa shape index (κ3) is 2.61. The van der Waals surface area contributed by atoms with Gasteiger partial charge in [0.2, 0.25) is 0 Å². The zero-order chi connectivity index (χ0) is 14.2. The van der Waals surface area contributed by atoms with Crippen molar-refractivity contribution in [2.24, 2.45) is 0 Å². The van der Waals surface area contributed by atoms with Crippen molar-refractivity contribution in [1.29, 1.82) is 0 Å². The van der Waals surface area contributed by atoms with E-state index in [-0.39, 0.29) is 5.56 Å². The predicted octanol–water partition coefficient (Wildman–Crippen LogP) is 3.63. The van der Waals surface area contributed by atoms with Crippen LogP contribution in [-0.2, 0) is 0 Å². The Balaban J connectivity index is 2.49. The first-order chi connectivity index (χ1) is 8.90. The van der Waals surface area contributed by atoms with Gasteiger partial charge in [-0.25, -0.2) is 17.6 Å². The highest BCUT2D eigenvalue weighted by Crippen LogP contribution is 2.28. The Kier molecular flexibility index (Phi) is 3.57. The molecule has 2 aromatic carbocycles. The summed E-state index contributed by atoms with van der Waals surface area (Å²) >= 11 is 0. The van der Waals surface area contributed by atoms with Gasteiger partial charge < -0.3 is 5.11 Å². The lowest BCUT2D eigenvalue weighted by Gasteiger charge is -2.15. The van der Waals surface area contributed by atoms with Crippen LogP contribution in [-0.4, -0.2) is 5.11 Å². The van der Waals surface area contributed by atoms with Crippen molar-refractivity contribution >= 4 is 0 Å². The average molecular weight is 270 g/mol. The first-order valence-electron chi connectivity index (χ1n) is 5.48. The summed E-state index contributed by atoms with van der Waals surface area (Å²) in [7, 11) is 0. The van der Waals surface area contributed by atoms with Crippen molar-refractivity contribution in [3.05, 3.63) is 70.3 Å². The van der Waals surface area contributed by atoms with Crippen LogP contribution in [0.4, 0.5) is 17.6 Å². The molecule has 2 rings (SSSR count). The van der Waals surface area contributed by atoms with Gasteiger partial charge in [0.05, 0.1) is 0 Å². The predicted molar refractivity (Wildman–Crippen MR) is 61.5 cm³/mol. The molecule has 0 aliphatic heterocycles. The molecule has 0 heterocycles. The lowest BCUT2D eigenvalue weighted by Crippen LogP contribution is -2.06. The maximum Gasteiger partial charge on any atom is 0.161 e. The molecule has 19 heavy (non-hydrogen) atoms. The fourth-order valence-corrected chi connectivity index (χ4v) is 1.86. The second-order valence-corrected chi connectivity index (χ2v) is 4.19. The van der Waals surface area contributed by atoms with Gasteiger partial charge in [-0.3, -0.25) is 0 Å². The van der Waals surface area contributed by atoms with E-state index in [2.05, 4.69) is 0 Å². The molecule has 0 aromatic heterocycles. The number of rotatable bonds is 2. The summed E-state index contributed by atoms with van der Waals surface area (Å²) < 4.78 is 52.4. The highest BCUT2D eigenvalue weighted by Gasteiger charge is 2.20. The van der Waals surface area contributed by atoms with Crippen LogP contribution in [0.2, 0.25) is 0 Å². The first kappa shape index (κ1) is 13.5. The largest absolute Gasteiger partial charge is 0.384 e. The van der Waals surface area contributed by atoms with E-state index in [4.69, 9.17) is 0 Å². The number of hydrogen-bond donors (Lipinski definition) is 1. The van der Waals surface area contributed by atoms with E-state index in [0.29, 0.717) is 17.7 Å². The standard InChI is InChI=1S/C14H10F4O/c1-7-4-8(15)2-3-9(7)14(19)10-5-12(17)13(18)6-11(10)16/h2-6,14,19H,1H3. The summed E-state index contributed by atoms with van der Waals surface area (Å²) in [4.78, 5) is 0. The molecule has 0 spiro atoms. The zero-order valence-corrected chi connectivity index (χ0v) is 9.92. The van der Waals surface area contributed by atoms with Crippen LogP contribution in [0.15, 0.2) is 30.3 Å². The Morgan fingerprint density at radius 1 is 0.842 bits per heavy atom. The average Bonchev–Trinajstić information content (AvgIpc) is 2.33. The quantitative estimate of drug-likeness (QED) is 0.652. The molecule has 1 unspecified atom stereocenters. The Labute approximate surface area is 107 Å². The highest BCUT2D eigenvalue weighted by molar-refractivity contribution is 5.36. The van der Waals surface area contributed by atoms with Gasteiger partial charge in [-0.15, -0.1) is 0 Å². The fraction of sp³-hybridized carbons (Fsp3) is 0.143. The van der Waals surface area contributed by atoms with E-state index < -0.39 is 34.9 Å². The second-order valence-electron chi connectivity index (χ2n) is 4.19. The molecule has 2 aromatic rings. The Morgan fingerprint density at radius 3 is 2.11 bits per heavy atom. The minimum Gasteiger partial charge on any atom is -0.384 e. The zero-order valence-electron chi connectivity index (χ0n) is 9.92. The van der Waals surface area contributed by atoms with Crippen LogP contribution >= 0.6 is 0 Å². The molecular formula is C14H10F4O. The normalized spacial score (nSPS) is 12.5. The molecule has 1 nitrogen and oxygen atoms in total. The summed E-state index contributed by atoms with van der Waals surface area (Å²) in [5.74, 6) is -4.14. The van der Waals surface area contributed by atoms with Gasteiger partial charge in [-0.2, -0.15) is 0 Å². The van der Waals surface area contributed by atoms with E-state index in [0.717, 1.165) is 12.1 Å². The van der Waals surface area contributed by atoms with E-state index in [1.165, 1.54) is 13.0 Å². The lowest BCUT2D eigenvalue weighted by atomic mass is 9.97. The number of aliphatic hydroxyl groups excluding tert-OH is 1. The van der Waals surface area contributed by atoms with Gasteiger partial charge >= 0.3 is 0 Å². The maximum atomic E-state index is 13.5. The van der Waals surface area contributed by atoms with Crippen LogP contribution < -0.4 is 0 Å². The van der Waals surface area contributed by atoms with Gasteiger partial charge in [0.25, 0.3) is 0 Å². The first-order valence-corrected chi connectivity index (χ1v) is 5.48. The monoisotopic (exact) mass is 270 g/mol. The van der Waals surface area contributed by atoms with Gasteiger partial charge in [0, 0.05) is 11.6 Å². The molecule has 0 aliphatic rings. The number of aliphatic hydroxyl groups is 1. The van der Waals surface area contributed by atoms with Gasteiger partial charge in [-0.1, -0.05) is 6.07 Å². The molecule has 0 radical (unpaired) electrons. The molecule has 1 N–H and O–H groups in total. The van der Waals surface area contributed by atoms with Gasteiger partial charge in [0.1, 0.15) is 17.7 Å². The number of benzene rings is 2. The third-order valence-electron chi connectivity index (χ3n) is 2.86. The lowest BCUT2D eigenvalue weighted by molar-refractivity contribution is 0.213. The molecule has 0 amide bonds. The fourth-order valence-electron chi connectivity index (χ4n) is 1.86. The maximum absolute atomic E-state index is 13.5. The molecule has 0 saturated carbocycles. The van der Waals surface area contributed by atoms with Crippen molar-refractivity contribution in [3.8, 4) is 0 Å². The summed E-state index contributed by atoms with van der Waals surface area (Å²) in [5, 5.41) is 10.0. The SMILES string of the molecule is Cc1cc(F)ccc1C(O)c1cc(F)c(F)cc1F. The summed E-state index contributed by atoms with van der Waals surface area (Å²) in [5.41, 5.74) is 0.219. The van der Waals surface area contributed by atoms with E-state index in [1.54, 1.807) is 0 Å². The molecule has 100 valence electrons. The van der Waals surface area contributed by atoms with Gasteiger partial charge in [0.15, 0.2) is 11.6 Å². The topological polar surface area (TPSA) is 20.2 Å². The molecule has 0 bridgehead atoms. The molecule has 0 aliphatic carbocycles. The van der Waals surface area contributed by atoms with Crippen LogP contribution in [0, 0.1) is 30.2 Å². The van der Waals surface area contributed by atoms with E-state index >= 15 is 0 Å². The van der Waals surface area contributed by atoms with E-state index in [1.807, 2.05) is 0 Å². The van der Waals surface area contributed by atoms with Crippen LogP contribution in [0.25, 0.3) is 0 Å². The van der Waals surface area contributed by atoms with Crippen molar-refractivity contribution in [2.75, 3.05) is 0 Å². The Bertz CT molecular complexity index is 625. The van der Waals surface area contributed by atoms with Crippen molar-refractivity contribution in [1.82, 2.24) is 0 Å².